The first-order chi connectivity index (χ1) is 18.4. The third-order valence-corrected chi connectivity index (χ3v) is 7.43. The second-order valence-electron chi connectivity index (χ2n) is 8.32. The van der Waals surface area contributed by atoms with E-state index in [0.29, 0.717) is 16.5 Å². The number of imide groups is 1. The van der Waals surface area contributed by atoms with E-state index in [4.69, 9.17) is 4.42 Å². The Kier molecular flexibility index (Phi) is 5.93. The van der Waals surface area contributed by atoms with Gasteiger partial charge in [-0.05, 0) is 42.5 Å². The monoisotopic (exact) mass is 586 g/mol. The topological polar surface area (TPSA) is 113 Å². The van der Waals surface area contributed by atoms with Gasteiger partial charge < -0.3 is 4.42 Å². The predicted molar refractivity (Wildman–Crippen MR) is 147 cm³/mol. The summed E-state index contributed by atoms with van der Waals surface area (Å²) >= 11 is 4.62. The van der Waals surface area contributed by atoms with Crippen LogP contribution in [0.3, 0.4) is 0 Å². The molecule has 0 N–H and O–H groups in total. The van der Waals surface area contributed by atoms with Crippen LogP contribution in [0.5, 0.6) is 0 Å². The largest absolute Gasteiger partial charge is 0.463 e. The molecular formula is C27H15BrN4O5S. The van der Waals surface area contributed by atoms with Crippen LogP contribution in [0.2, 0.25) is 0 Å². The fourth-order valence-electron chi connectivity index (χ4n) is 4.08. The number of benzene rings is 3. The summed E-state index contributed by atoms with van der Waals surface area (Å²) in [5.41, 5.74) is 1.32. The molecule has 0 aliphatic carbocycles. The Bertz CT molecular complexity index is 1840. The van der Waals surface area contributed by atoms with Crippen molar-refractivity contribution < 1.29 is 18.8 Å². The van der Waals surface area contributed by atoms with Gasteiger partial charge in [0.05, 0.1) is 38.5 Å². The molecule has 186 valence electrons. The van der Waals surface area contributed by atoms with Gasteiger partial charge in [-0.2, -0.15) is 10.1 Å². The van der Waals surface area contributed by atoms with Gasteiger partial charge in [0.1, 0.15) is 18.4 Å². The van der Waals surface area contributed by atoms with Crippen LogP contribution in [0.15, 0.2) is 91.8 Å². The number of hydrogen-bond acceptors (Lipinski definition) is 8. The molecule has 6 rings (SSSR count). The summed E-state index contributed by atoms with van der Waals surface area (Å²) in [6, 6.07) is 18.6. The highest BCUT2D eigenvalue weighted by molar-refractivity contribution is 9.10. The first-order valence-corrected chi connectivity index (χ1v) is 12.9. The number of hydrazone groups is 1. The molecule has 9 nitrogen and oxygen atoms in total. The molecule has 3 amide bonds. The Morgan fingerprint density at radius 3 is 2.50 bits per heavy atom. The molecule has 1 aliphatic heterocycles. The highest BCUT2D eigenvalue weighted by atomic mass is 79.9. The molecule has 0 saturated carbocycles. The van der Waals surface area contributed by atoms with Gasteiger partial charge in [-0.15, -0.1) is 0 Å². The molecule has 11 heteroatoms. The highest BCUT2D eigenvalue weighted by Crippen LogP contribution is 2.32. The fraction of sp³-hybridized carbons (Fsp3) is 0.0370. The van der Waals surface area contributed by atoms with Gasteiger partial charge in [-0.3, -0.25) is 24.1 Å². The van der Waals surface area contributed by atoms with E-state index in [0.717, 1.165) is 19.1 Å². The summed E-state index contributed by atoms with van der Waals surface area (Å²) in [6.07, 6.45) is 2.47. The molecule has 0 spiro atoms. The third-order valence-electron chi connectivity index (χ3n) is 5.95. The second kappa shape index (κ2) is 9.43. The van der Waals surface area contributed by atoms with Crippen molar-refractivity contribution in [2.75, 3.05) is 11.6 Å². The number of thiazole rings is 1. The van der Waals surface area contributed by atoms with Crippen molar-refractivity contribution in [3.63, 3.8) is 0 Å². The number of fused-ring (bicyclic) bond motifs is 3. The minimum Gasteiger partial charge on any atom is -0.463 e. The van der Waals surface area contributed by atoms with E-state index in [2.05, 4.69) is 26.0 Å². The van der Waals surface area contributed by atoms with Gasteiger partial charge >= 0.3 is 0 Å². The van der Waals surface area contributed by atoms with Crippen molar-refractivity contribution in [2.24, 2.45) is 5.10 Å². The van der Waals surface area contributed by atoms with E-state index < -0.39 is 24.3 Å². The quantitative estimate of drug-likeness (QED) is 0.166. The SMILES string of the molecule is O=C1c2ccccc2C(=O)N1CC(=O)N(/N=C/c1coc2ccccc2c1=O)c1nc2ccc(Br)cc2s1. The maximum atomic E-state index is 13.5. The summed E-state index contributed by atoms with van der Waals surface area (Å²) < 4.78 is 7.16. The van der Waals surface area contributed by atoms with E-state index in [-0.39, 0.29) is 27.3 Å². The number of carbonyl (C=O) groups excluding carboxylic acids is 3. The lowest BCUT2D eigenvalue weighted by molar-refractivity contribution is -0.118. The van der Waals surface area contributed by atoms with Crippen LogP contribution in [0.25, 0.3) is 21.2 Å². The number of rotatable bonds is 5. The zero-order valence-electron chi connectivity index (χ0n) is 19.3. The lowest BCUT2D eigenvalue weighted by Crippen LogP contribution is -2.41. The van der Waals surface area contributed by atoms with Crippen LogP contribution in [-0.4, -0.2) is 40.4 Å². The molecule has 38 heavy (non-hydrogen) atoms. The average Bonchev–Trinajstić information content (AvgIpc) is 3.44. The summed E-state index contributed by atoms with van der Waals surface area (Å²) in [5.74, 6) is -1.81. The molecule has 0 radical (unpaired) electrons. The van der Waals surface area contributed by atoms with Crippen LogP contribution in [0.1, 0.15) is 26.3 Å². The van der Waals surface area contributed by atoms with Gasteiger partial charge in [0.2, 0.25) is 10.6 Å². The summed E-state index contributed by atoms with van der Waals surface area (Å²) in [7, 11) is 0. The fourth-order valence-corrected chi connectivity index (χ4v) is 5.58. The van der Waals surface area contributed by atoms with Gasteiger partial charge in [-0.25, -0.2) is 4.98 Å². The first kappa shape index (κ1) is 23.9. The number of para-hydroxylation sites is 1. The zero-order chi connectivity index (χ0) is 26.4. The predicted octanol–water partition coefficient (Wildman–Crippen LogP) is 4.83. The van der Waals surface area contributed by atoms with Crippen LogP contribution >= 0.6 is 27.3 Å². The van der Waals surface area contributed by atoms with Crippen LogP contribution < -0.4 is 10.4 Å². The Morgan fingerprint density at radius 2 is 1.74 bits per heavy atom. The lowest BCUT2D eigenvalue weighted by Gasteiger charge is -2.18. The van der Waals surface area contributed by atoms with Gasteiger partial charge in [0.15, 0.2) is 0 Å². The summed E-state index contributed by atoms with van der Waals surface area (Å²) in [5, 5.41) is 5.85. The number of nitrogens with zero attached hydrogens (tertiary/aromatic N) is 4. The van der Waals surface area contributed by atoms with Gasteiger partial charge in [-0.1, -0.05) is 51.5 Å². The zero-order valence-corrected chi connectivity index (χ0v) is 21.7. The van der Waals surface area contributed by atoms with E-state index >= 15 is 0 Å². The van der Waals surface area contributed by atoms with Crippen LogP contribution in [0, 0.1) is 0 Å². The minimum atomic E-state index is -0.681. The molecule has 2 aromatic heterocycles. The van der Waals surface area contributed by atoms with E-state index in [1.165, 1.54) is 23.8 Å². The molecule has 0 bridgehead atoms. The lowest BCUT2D eigenvalue weighted by atomic mass is 10.1. The average molecular weight is 587 g/mol. The summed E-state index contributed by atoms with van der Waals surface area (Å²) in [6.45, 7) is -0.560. The number of carbonyl (C=O) groups is 3. The highest BCUT2D eigenvalue weighted by Gasteiger charge is 2.37. The Labute approximate surface area is 226 Å². The molecule has 0 unspecified atom stereocenters. The van der Waals surface area contributed by atoms with Crippen molar-refractivity contribution in [3.05, 3.63) is 104 Å². The molecule has 5 aromatic rings. The molecule has 1 aliphatic rings. The molecule has 0 saturated heterocycles. The number of hydrogen-bond donors (Lipinski definition) is 0. The normalized spacial score (nSPS) is 13.1. The molecule has 0 atom stereocenters. The maximum absolute atomic E-state index is 13.5. The second-order valence-corrected chi connectivity index (χ2v) is 10.2. The van der Waals surface area contributed by atoms with Crippen LogP contribution in [-0.2, 0) is 4.79 Å². The molecule has 3 heterocycles. The maximum Gasteiger partial charge on any atom is 0.269 e. The standard InChI is InChI=1S/C27H15BrN4O5S/c28-16-9-10-20-22(11-16)38-27(30-20)32(29-12-15-14-37-21-8-4-3-7-19(21)24(15)34)23(33)13-31-25(35)17-5-1-2-6-18(17)26(31)36/h1-12,14H,13H2/b29-12+. The van der Waals surface area contributed by atoms with Crippen molar-refractivity contribution in [1.29, 1.82) is 0 Å². The Hall–Kier alpha value is -4.48. The number of aromatic nitrogens is 1. The van der Waals surface area contributed by atoms with Crippen molar-refractivity contribution >= 4 is 77.5 Å². The van der Waals surface area contributed by atoms with E-state index in [1.54, 1.807) is 54.6 Å². The van der Waals surface area contributed by atoms with Crippen molar-refractivity contribution in [1.82, 2.24) is 9.88 Å². The number of halogens is 1. The third kappa shape index (κ3) is 4.11. The number of amides is 3. The number of anilines is 1. The molecule has 3 aromatic carbocycles. The summed E-state index contributed by atoms with van der Waals surface area (Å²) in [4.78, 5) is 57.6. The minimum absolute atomic E-state index is 0.117. The Morgan fingerprint density at radius 1 is 1.03 bits per heavy atom. The molecular weight excluding hydrogens is 572 g/mol. The van der Waals surface area contributed by atoms with Crippen LogP contribution in [0.4, 0.5) is 5.13 Å². The Balaban J connectivity index is 1.38. The van der Waals surface area contributed by atoms with Gasteiger partial charge in [0, 0.05) is 4.47 Å². The van der Waals surface area contributed by atoms with Crippen molar-refractivity contribution in [3.8, 4) is 0 Å². The van der Waals surface area contributed by atoms with Gasteiger partial charge in [0.25, 0.3) is 17.7 Å². The first-order valence-electron chi connectivity index (χ1n) is 11.3. The van der Waals surface area contributed by atoms with Crippen molar-refractivity contribution in [2.45, 2.75) is 0 Å². The molecule has 0 fully saturated rings. The van der Waals surface area contributed by atoms with E-state index in [9.17, 15) is 19.2 Å². The van der Waals surface area contributed by atoms with E-state index in [1.807, 2.05) is 12.1 Å². The smallest absolute Gasteiger partial charge is 0.269 e.